The van der Waals surface area contributed by atoms with E-state index < -0.39 is 5.31 Å². The summed E-state index contributed by atoms with van der Waals surface area (Å²) >= 11 is 0. The molecule has 0 bridgehead atoms. The average molecular weight is 206 g/mol. The van der Waals surface area contributed by atoms with Crippen LogP contribution in [0.15, 0.2) is 16.3 Å². The predicted octanol–water partition coefficient (Wildman–Crippen LogP) is 1.55. The molecule has 0 aromatic carbocycles. The lowest BCUT2D eigenvalue weighted by molar-refractivity contribution is -0.109. The van der Waals surface area contributed by atoms with E-state index >= 15 is 0 Å². The number of nitrogens with zero attached hydrogens (tertiary/aromatic N) is 1. The van der Waals surface area contributed by atoms with Crippen LogP contribution in [0.1, 0.15) is 33.6 Å². The zero-order valence-corrected chi connectivity index (χ0v) is 9.58. The Labute approximate surface area is 91.5 Å². The monoisotopic (exact) mass is 206 g/mol. The van der Waals surface area contributed by atoms with Crippen LogP contribution in [0.25, 0.3) is 0 Å². The fourth-order valence-corrected chi connectivity index (χ4v) is 1.85. The maximum atomic E-state index is 11.8. The molecule has 0 saturated carbocycles. The first-order chi connectivity index (χ1) is 7.06. The first kappa shape index (κ1) is 12.2. The lowest BCUT2D eigenvalue weighted by Crippen LogP contribution is -2.34. The van der Waals surface area contributed by atoms with Crippen LogP contribution in [0.2, 0.25) is 5.31 Å². The van der Waals surface area contributed by atoms with Gasteiger partial charge in [-0.05, 0) is 25.1 Å². The van der Waals surface area contributed by atoms with E-state index in [0.29, 0.717) is 12.8 Å². The molecular formula is C11H17BNO2. The number of rotatable bonds is 3. The minimum atomic E-state index is -0.447. The molecule has 1 N–H and O–H groups in total. The van der Waals surface area contributed by atoms with Gasteiger partial charge in [0, 0.05) is 24.1 Å². The lowest BCUT2D eigenvalue weighted by Gasteiger charge is -2.31. The van der Waals surface area contributed by atoms with Crippen LogP contribution >= 0.6 is 0 Å². The van der Waals surface area contributed by atoms with Crippen LogP contribution < -0.4 is 0 Å². The van der Waals surface area contributed by atoms with E-state index in [2.05, 4.69) is 4.99 Å². The van der Waals surface area contributed by atoms with Crippen LogP contribution in [-0.4, -0.2) is 30.9 Å². The number of carbonyl (C=O) groups is 1. The summed E-state index contributed by atoms with van der Waals surface area (Å²) in [7, 11) is 1.63. The Morgan fingerprint density at radius 1 is 1.67 bits per heavy atom. The fourth-order valence-electron chi connectivity index (χ4n) is 1.85. The van der Waals surface area contributed by atoms with Crippen LogP contribution in [0.5, 0.6) is 0 Å². The molecule has 1 radical (unpaired) electrons. The van der Waals surface area contributed by atoms with E-state index in [1.54, 1.807) is 13.5 Å². The van der Waals surface area contributed by atoms with Crippen LogP contribution in [0.3, 0.4) is 0 Å². The van der Waals surface area contributed by atoms with Gasteiger partial charge in [-0.1, -0.05) is 13.8 Å². The molecule has 1 aliphatic heterocycles. The molecule has 0 amide bonds. The molecule has 4 heteroatoms. The highest BCUT2D eigenvalue weighted by molar-refractivity contribution is 6.80. The highest BCUT2D eigenvalue weighted by Crippen LogP contribution is 2.38. The highest BCUT2D eigenvalue weighted by atomic mass is 16.3. The van der Waals surface area contributed by atoms with Crippen LogP contribution in [-0.2, 0) is 4.79 Å². The summed E-state index contributed by atoms with van der Waals surface area (Å²) in [4.78, 5) is 16.0. The summed E-state index contributed by atoms with van der Waals surface area (Å²) in [5, 5.41) is 8.81. The minimum absolute atomic E-state index is 0.0147. The highest BCUT2D eigenvalue weighted by Gasteiger charge is 2.36. The summed E-state index contributed by atoms with van der Waals surface area (Å²) in [6.07, 6.45) is 3.04. The van der Waals surface area contributed by atoms with E-state index in [1.807, 2.05) is 20.8 Å². The second-order valence-electron chi connectivity index (χ2n) is 4.16. The number of aliphatic hydroxyl groups excluding tert-OH is 1. The zero-order chi connectivity index (χ0) is 11.5. The quantitative estimate of drug-likeness (QED) is 0.562. The average Bonchev–Trinajstić information content (AvgIpc) is 2.18. The van der Waals surface area contributed by atoms with Crippen molar-refractivity contribution in [3.63, 3.8) is 0 Å². The van der Waals surface area contributed by atoms with E-state index in [-0.39, 0.29) is 12.3 Å². The predicted molar refractivity (Wildman–Crippen MR) is 62.3 cm³/mol. The number of hydrogen-bond donors (Lipinski definition) is 1. The number of allylic oxidation sites excluding steroid dienone is 2. The fraction of sp³-hybridized carbons (Fsp3) is 0.636. The van der Waals surface area contributed by atoms with Crippen LogP contribution in [0.4, 0.5) is 0 Å². The van der Waals surface area contributed by atoms with Gasteiger partial charge < -0.3 is 9.90 Å². The number of aliphatic hydroxyl groups is 1. The minimum Gasteiger partial charge on any atom is -0.397 e. The molecule has 3 nitrogen and oxygen atoms in total. The van der Waals surface area contributed by atoms with Crippen molar-refractivity contribution in [3.05, 3.63) is 11.3 Å². The second kappa shape index (κ2) is 4.75. The molecule has 81 valence electrons. The van der Waals surface area contributed by atoms with E-state index in [0.717, 1.165) is 11.3 Å². The van der Waals surface area contributed by atoms with Gasteiger partial charge in [0.25, 0.3) is 0 Å². The molecule has 0 aromatic heterocycles. The van der Waals surface area contributed by atoms with Crippen molar-refractivity contribution in [1.82, 2.24) is 0 Å². The molecule has 0 saturated heterocycles. The smallest absolute Gasteiger partial charge is 0.218 e. The summed E-state index contributed by atoms with van der Waals surface area (Å²) in [5.41, 5.74) is 1.61. The first-order valence-corrected chi connectivity index (χ1v) is 5.28. The van der Waals surface area contributed by atoms with E-state index in [4.69, 9.17) is 0 Å². The Bertz CT molecular complexity index is 323. The largest absolute Gasteiger partial charge is 0.397 e. The van der Waals surface area contributed by atoms with Crippen molar-refractivity contribution in [2.75, 3.05) is 6.61 Å². The van der Waals surface area contributed by atoms with Gasteiger partial charge in [-0.25, -0.2) is 0 Å². The molecule has 1 heterocycles. The van der Waals surface area contributed by atoms with Gasteiger partial charge in [0.05, 0.1) is 0 Å². The Hall–Kier alpha value is -0.895. The maximum absolute atomic E-state index is 11.8. The molecule has 1 aliphatic rings. The normalized spacial score (nSPS) is 27.3. The van der Waals surface area contributed by atoms with Crippen LogP contribution in [0, 0.1) is 0 Å². The van der Waals surface area contributed by atoms with Crippen molar-refractivity contribution in [2.24, 2.45) is 4.99 Å². The van der Waals surface area contributed by atoms with E-state index in [9.17, 15) is 9.90 Å². The van der Waals surface area contributed by atoms with Crippen molar-refractivity contribution in [3.8, 4) is 0 Å². The summed E-state index contributed by atoms with van der Waals surface area (Å²) < 4.78 is 0. The SMILES string of the molecule is CC=NC1=C(CC)C(=O)[B][C@](C)(CO)C1. The maximum Gasteiger partial charge on any atom is 0.218 e. The third-order valence-corrected chi connectivity index (χ3v) is 2.70. The van der Waals surface area contributed by atoms with Gasteiger partial charge in [0.15, 0.2) is 0 Å². The van der Waals surface area contributed by atoms with Crippen molar-refractivity contribution in [2.45, 2.75) is 38.9 Å². The number of aliphatic imine (C=N–C) groups is 1. The Balaban J connectivity index is 3.08. The third kappa shape index (κ3) is 2.56. The Morgan fingerprint density at radius 2 is 2.33 bits per heavy atom. The molecule has 0 aromatic rings. The molecule has 0 aliphatic carbocycles. The molecule has 0 spiro atoms. The third-order valence-electron chi connectivity index (χ3n) is 2.70. The van der Waals surface area contributed by atoms with Gasteiger partial charge in [0.1, 0.15) is 5.68 Å². The molecule has 1 rings (SSSR count). The molecular weight excluding hydrogens is 189 g/mol. The van der Waals surface area contributed by atoms with Gasteiger partial charge >= 0.3 is 0 Å². The standard InChI is InChI=1S/C11H17BNO2/c1-4-8-9(13-5-2)6-11(3,7-14)12-10(8)15/h5,14H,4,6-7H2,1-3H3/t11-/m0/s1. The summed E-state index contributed by atoms with van der Waals surface area (Å²) in [5.74, 6) is 0. The molecule has 15 heavy (non-hydrogen) atoms. The molecule has 1 atom stereocenters. The zero-order valence-electron chi connectivity index (χ0n) is 9.58. The number of carbonyl (C=O) groups excluding carboxylic acids is 1. The van der Waals surface area contributed by atoms with Crippen molar-refractivity contribution < 1.29 is 9.90 Å². The van der Waals surface area contributed by atoms with Crippen molar-refractivity contribution >= 4 is 19.2 Å². The van der Waals surface area contributed by atoms with Gasteiger partial charge in [-0.2, -0.15) is 0 Å². The topological polar surface area (TPSA) is 49.7 Å². The summed E-state index contributed by atoms with van der Waals surface area (Å²) in [6.45, 7) is 5.65. The first-order valence-electron chi connectivity index (χ1n) is 5.28. The summed E-state index contributed by atoms with van der Waals surface area (Å²) in [6, 6.07) is 0. The van der Waals surface area contributed by atoms with E-state index in [1.165, 1.54) is 0 Å². The van der Waals surface area contributed by atoms with Gasteiger partial charge in [-0.15, -0.1) is 0 Å². The number of hydrogen-bond acceptors (Lipinski definition) is 3. The van der Waals surface area contributed by atoms with Gasteiger partial charge in [0.2, 0.25) is 7.28 Å². The van der Waals surface area contributed by atoms with Crippen molar-refractivity contribution in [1.29, 1.82) is 0 Å². The van der Waals surface area contributed by atoms with Gasteiger partial charge in [-0.3, -0.25) is 4.99 Å². The molecule has 0 fully saturated rings. The second-order valence-corrected chi connectivity index (χ2v) is 4.16. The lowest BCUT2D eigenvalue weighted by atomic mass is 9.45. The Kier molecular flexibility index (Phi) is 3.86. The molecule has 0 unspecified atom stereocenters. The Morgan fingerprint density at radius 3 is 2.80 bits per heavy atom.